The highest BCUT2D eigenvalue weighted by Gasteiger charge is 2.29. The zero-order chi connectivity index (χ0) is 20.1. The Morgan fingerprint density at radius 3 is 2.50 bits per heavy atom. The van der Waals surface area contributed by atoms with Crippen LogP contribution in [0.4, 0.5) is 0 Å². The molecule has 0 radical (unpaired) electrons. The largest absolute Gasteiger partial charge is 0.352 e. The first-order valence-corrected chi connectivity index (χ1v) is 11.9. The third-order valence-corrected chi connectivity index (χ3v) is 7.99. The zero-order valence-corrected chi connectivity index (χ0v) is 17.9. The van der Waals surface area contributed by atoms with Crippen LogP contribution in [0.2, 0.25) is 0 Å². The average molecular weight is 408 g/mol. The molecular formula is C21H33N3O3S. The second kappa shape index (κ2) is 9.37. The van der Waals surface area contributed by atoms with E-state index in [4.69, 9.17) is 0 Å². The summed E-state index contributed by atoms with van der Waals surface area (Å²) >= 11 is 0. The predicted octanol–water partition coefficient (Wildman–Crippen LogP) is 2.63. The highest BCUT2D eigenvalue weighted by molar-refractivity contribution is 7.89. The Hall–Kier alpha value is -1.44. The van der Waals surface area contributed by atoms with Crippen LogP contribution in [0.5, 0.6) is 0 Å². The molecule has 1 N–H and O–H groups in total. The van der Waals surface area contributed by atoms with E-state index in [9.17, 15) is 13.2 Å². The number of nitrogens with zero attached hydrogens (tertiary/aromatic N) is 2. The van der Waals surface area contributed by atoms with Crippen molar-refractivity contribution >= 4 is 15.9 Å². The maximum atomic E-state index is 12.9. The molecule has 2 aliphatic rings. The standard InChI is InChI=1S/C21H33N3O3S/c1-17-8-14-23(15-9-17)11-5-10-22-21(25)19-7-6-18(2)20(16-19)28(26,27)24-12-3-4-13-24/h6-7,16-17H,3-5,8-15H2,1-2H3,(H,22,25). The van der Waals surface area contributed by atoms with E-state index in [1.165, 1.54) is 23.2 Å². The molecule has 0 aliphatic carbocycles. The molecule has 7 heteroatoms. The Morgan fingerprint density at radius 1 is 1.14 bits per heavy atom. The van der Waals surface area contributed by atoms with Gasteiger partial charge in [-0.1, -0.05) is 13.0 Å². The molecule has 0 aromatic heterocycles. The molecule has 2 aliphatic heterocycles. The van der Waals surface area contributed by atoms with Crippen LogP contribution in [0.1, 0.15) is 54.9 Å². The van der Waals surface area contributed by atoms with Crippen LogP contribution in [0.25, 0.3) is 0 Å². The van der Waals surface area contributed by atoms with E-state index in [-0.39, 0.29) is 10.8 Å². The lowest BCUT2D eigenvalue weighted by atomic mass is 9.99. The number of piperidine rings is 1. The molecule has 0 unspecified atom stereocenters. The van der Waals surface area contributed by atoms with Gasteiger partial charge in [0.15, 0.2) is 0 Å². The predicted molar refractivity (Wildman–Crippen MR) is 111 cm³/mol. The van der Waals surface area contributed by atoms with Crippen LogP contribution in [0.3, 0.4) is 0 Å². The van der Waals surface area contributed by atoms with Gasteiger partial charge >= 0.3 is 0 Å². The number of nitrogens with one attached hydrogen (secondary N) is 1. The summed E-state index contributed by atoms with van der Waals surface area (Å²) in [6.07, 6.45) is 5.21. The molecule has 0 saturated carbocycles. The van der Waals surface area contributed by atoms with E-state index >= 15 is 0 Å². The molecule has 1 aromatic rings. The Bertz CT molecular complexity index is 780. The van der Waals surface area contributed by atoms with E-state index < -0.39 is 10.0 Å². The van der Waals surface area contributed by atoms with Gasteiger partial charge < -0.3 is 10.2 Å². The molecule has 2 heterocycles. The van der Waals surface area contributed by atoms with E-state index in [0.717, 1.165) is 44.8 Å². The number of sulfonamides is 1. The molecule has 28 heavy (non-hydrogen) atoms. The van der Waals surface area contributed by atoms with Gasteiger partial charge in [-0.15, -0.1) is 0 Å². The van der Waals surface area contributed by atoms with E-state index in [2.05, 4.69) is 17.1 Å². The lowest BCUT2D eigenvalue weighted by Gasteiger charge is -2.30. The summed E-state index contributed by atoms with van der Waals surface area (Å²) in [4.78, 5) is 15.2. The number of rotatable bonds is 7. The molecule has 6 nitrogen and oxygen atoms in total. The fourth-order valence-electron chi connectivity index (χ4n) is 3.98. The van der Waals surface area contributed by atoms with E-state index in [0.29, 0.717) is 30.8 Å². The maximum absolute atomic E-state index is 12.9. The molecular weight excluding hydrogens is 374 g/mol. The molecule has 1 aromatic carbocycles. The van der Waals surface area contributed by atoms with Crippen LogP contribution in [0.15, 0.2) is 23.1 Å². The molecule has 3 rings (SSSR count). The van der Waals surface area contributed by atoms with E-state index in [1.807, 2.05) is 0 Å². The van der Waals surface area contributed by atoms with Crippen molar-refractivity contribution in [3.8, 4) is 0 Å². The van der Waals surface area contributed by atoms with Crippen LogP contribution >= 0.6 is 0 Å². The van der Waals surface area contributed by atoms with Gasteiger partial charge in [-0.2, -0.15) is 4.31 Å². The summed E-state index contributed by atoms with van der Waals surface area (Å²) in [5, 5.41) is 2.94. The van der Waals surface area contributed by atoms with Crippen molar-refractivity contribution in [3.63, 3.8) is 0 Å². The normalized spacial score (nSPS) is 19.8. The van der Waals surface area contributed by atoms with Crippen molar-refractivity contribution < 1.29 is 13.2 Å². The molecule has 0 bridgehead atoms. The Morgan fingerprint density at radius 2 is 1.82 bits per heavy atom. The summed E-state index contributed by atoms with van der Waals surface area (Å²) in [6.45, 7) is 9.10. The minimum Gasteiger partial charge on any atom is -0.352 e. The third-order valence-electron chi connectivity index (χ3n) is 5.95. The Labute approximate surface area is 169 Å². The first kappa shape index (κ1) is 21.3. The monoisotopic (exact) mass is 407 g/mol. The molecule has 0 spiro atoms. The van der Waals surface area contributed by atoms with Gasteiger partial charge in [-0.25, -0.2) is 8.42 Å². The van der Waals surface area contributed by atoms with Gasteiger partial charge in [-0.05, 0) is 82.3 Å². The first-order valence-electron chi connectivity index (χ1n) is 10.5. The van der Waals surface area contributed by atoms with Gasteiger partial charge in [0.05, 0.1) is 4.90 Å². The van der Waals surface area contributed by atoms with Gasteiger partial charge in [0.1, 0.15) is 0 Å². The van der Waals surface area contributed by atoms with Crippen LogP contribution in [-0.4, -0.2) is 62.8 Å². The van der Waals surface area contributed by atoms with Crippen molar-refractivity contribution in [1.82, 2.24) is 14.5 Å². The summed E-state index contributed by atoms with van der Waals surface area (Å²) < 4.78 is 27.3. The number of carbonyl (C=O) groups excluding carboxylic acids is 1. The second-order valence-corrected chi connectivity index (χ2v) is 10.1. The van der Waals surface area contributed by atoms with Crippen molar-refractivity contribution in [2.75, 3.05) is 39.3 Å². The lowest BCUT2D eigenvalue weighted by molar-refractivity contribution is 0.0950. The fourth-order valence-corrected chi connectivity index (χ4v) is 5.75. The average Bonchev–Trinajstić information content (AvgIpc) is 3.22. The Balaban J connectivity index is 1.55. The van der Waals surface area contributed by atoms with Crippen molar-refractivity contribution in [2.24, 2.45) is 5.92 Å². The molecule has 156 valence electrons. The third kappa shape index (κ3) is 5.13. The van der Waals surface area contributed by atoms with Crippen molar-refractivity contribution in [2.45, 2.75) is 50.8 Å². The maximum Gasteiger partial charge on any atom is 0.251 e. The number of likely N-dealkylation sites (tertiary alicyclic amines) is 1. The quantitative estimate of drug-likeness (QED) is 0.706. The summed E-state index contributed by atoms with van der Waals surface area (Å²) in [5.74, 6) is 0.619. The summed E-state index contributed by atoms with van der Waals surface area (Å²) in [5.41, 5.74) is 1.10. The Kier molecular flexibility index (Phi) is 7.12. The molecule has 0 atom stereocenters. The first-order chi connectivity index (χ1) is 13.4. The SMILES string of the molecule is Cc1ccc(C(=O)NCCCN2CCC(C)CC2)cc1S(=O)(=O)N1CCCC1. The van der Waals surface area contributed by atoms with Crippen LogP contribution in [0, 0.1) is 12.8 Å². The van der Waals surface area contributed by atoms with Crippen molar-refractivity contribution in [3.05, 3.63) is 29.3 Å². The van der Waals surface area contributed by atoms with Gasteiger partial charge in [0.25, 0.3) is 5.91 Å². The highest BCUT2D eigenvalue weighted by Crippen LogP contribution is 2.24. The van der Waals surface area contributed by atoms with Crippen molar-refractivity contribution in [1.29, 1.82) is 0 Å². The number of hydrogen-bond acceptors (Lipinski definition) is 4. The molecule has 2 saturated heterocycles. The summed E-state index contributed by atoms with van der Waals surface area (Å²) in [7, 11) is -3.52. The number of benzene rings is 1. The zero-order valence-electron chi connectivity index (χ0n) is 17.1. The van der Waals surface area contributed by atoms with Gasteiger partial charge in [-0.3, -0.25) is 4.79 Å². The van der Waals surface area contributed by atoms with Gasteiger partial charge in [0.2, 0.25) is 10.0 Å². The van der Waals surface area contributed by atoms with Crippen LogP contribution in [-0.2, 0) is 10.0 Å². The second-order valence-electron chi connectivity index (χ2n) is 8.23. The lowest BCUT2D eigenvalue weighted by Crippen LogP contribution is -2.35. The van der Waals surface area contributed by atoms with Crippen LogP contribution < -0.4 is 5.32 Å². The smallest absolute Gasteiger partial charge is 0.251 e. The molecule has 1 amide bonds. The number of aryl methyl sites for hydroxylation is 1. The van der Waals surface area contributed by atoms with Gasteiger partial charge in [0, 0.05) is 25.2 Å². The topological polar surface area (TPSA) is 69.7 Å². The minimum atomic E-state index is -3.52. The fraction of sp³-hybridized carbons (Fsp3) is 0.667. The summed E-state index contributed by atoms with van der Waals surface area (Å²) in [6, 6.07) is 4.97. The minimum absolute atomic E-state index is 0.204. The highest BCUT2D eigenvalue weighted by atomic mass is 32.2. The number of hydrogen-bond donors (Lipinski definition) is 1. The molecule has 2 fully saturated rings. The number of carbonyl (C=O) groups is 1. The van der Waals surface area contributed by atoms with E-state index in [1.54, 1.807) is 19.1 Å². The number of amides is 1.